The number of H-pyrrole nitrogens is 1. The van der Waals surface area contributed by atoms with E-state index in [2.05, 4.69) is 25.7 Å². The molecule has 0 aliphatic rings. The highest BCUT2D eigenvalue weighted by Gasteiger charge is 2.19. The molecule has 0 unspecified atom stereocenters. The lowest BCUT2D eigenvalue weighted by Gasteiger charge is -2.12. The second-order valence-electron chi connectivity index (χ2n) is 7.06. The van der Waals surface area contributed by atoms with Crippen molar-refractivity contribution >= 4 is 33.9 Å². The molecule has 0 saturated heterocycles. The molecule has 8 nitrogen and oxygen atoms in total. The molecule has 0 radical (unpaired) electrons. The average molecular weight is 410 g/mol. The number of phenols is 1. The molecule has 0 fully saturated rings. The number of nitrogens with one attached hydrogen (secondary N) is 2. The van der Waals surface area contributed by atoms with Gasteiger partial charge >= 0.3 is 0 Å². The Morgan fingerprint density at radius 2 is 1.97 bits per heavy atom. The van der Waals surface area contributed by atoms with Crippen LogP contribution in [0.3, 0.4) is 0 Å². The number of nitriles is 1. The Bertz CT molecular complexity index is 1380. The molecule has 1 heterocycles. The zero-order valence-electron chi connectivity index (χ0n) is 16.8. The minimum atomic E-state index is -0.467. The number of aromatic hydroxyl groups is 1. The van der Waals surface area contributed by atoms with Gasteiger partial charge in [0.05, 0.1) is 11.8 Å². The monoisotopic (exact) mass is 410 g/mol. The summed E-state index contributed by atoms with van der Waals surface area (Å²) in [6.07, 6.45) is 1.33. The molecule has 8 heteroatoms. The van der Waals surface area contributed by atoms with E-state index in [0.717, 1.165) is 11.1 Å². The highest BCUT2D eigenvalue weighted by atomic mass is 16.3. The number of aromatic amines is 1. The zero-order valence-corrected chi connectivity index (χ0v) is 16.8. The van der Waals surface area contributed by atoms with Crippen LogP contribution in [0, 0.1) is 25.2 Å². The molecule has 152 valence electrons. The summed E-state index contributed by atoms with van der Waals surface area (Å²) < 4.78 is 0. The van der Waals surface area contributed by atoms with Gasteiger partial charge in [0.15, 0.2) is 11.6 Å². The van der Waals surface area contributed by atoms with Crippen LogP contribution in [-0.4, -0.2) is 21.2 Å². The summed E-state index contributed by atoms with van der Waals surface area (Å²) in [7, 11) is 0. The lowest BCUT2D eigenvalue weighted by atomic mass is 10.0. The number of aromatic nitrogens is 2. The molecule has 0 bridgehead atoms. The zero-order chi connectivity index (χ0) is 22.0. The number of phenolic OH excluding ortho intramolecular Hbond substituents is 1. The Morgan fingerprint density at radius 3 is 2.74 bits per heavy atom. The Hall–Kier alpha value is -4.51. The summed E-state index contributed by atoms with van der Waals surface area (Å²) in [4.78, 5) is 13.0. The summed E-state index contributed by atoms with van der Waals surface area (Å²) in [5.41, 5.74) is 3.07. The van der Waals surface area contributed by atoms with Crippen LogP contribution < -0.4 is 5.32 Å². The molecule has 0 saturated carbocycles. The van der Waals surface area contributed by atoms with Crippen molar-refractivity contribution in [2.24, 2.45) is 10.2 Å². The summed E-state index contributed by atoms with van der Waals surface area (Å²) in [5, 5.41) is 38.7. The predicted molar refractivity (Wildman–Crippen MR) is 117 cm³/mol. The number of carbonyl (C=O) groups excluding carboxylic acids is 1. The van der Waals surface area contributed by atoms with E-state index in [9.17, 15) is 9.90 Å². The van der Waals surface area contributed by atoms with Crippen molar-refractivity contribution in [3.63, 3.8) is 0 Å². The average Bonchev–Trinajstić information content (AvgIpc) is 3.22. The number of azo groups is 1. The number of aryl methyl sites for hydroxylation is 2. The maximum Gasteiger partial charge on any atom is 0.259 e. The van der Waals surface area contributed by atoms with Gasteiger partial charge in [-0.15, -0.1) is 10.2 Å². The van der Waals surface area contributed by atoms with Crippen LogP contribution in [0.15, 0.2) is 65.0 Å². The van der Waals surface area contributed by atoms with Gasteiger partial charge in [0.1, 0.15) is 17.3 Å². The van der Waals surface area contributed by atoms with E-state index >= 15 is 0 Å². The van der Waals surface area contributed by atoms with E-state index in [0.29, 0.717) is 16.5 Å². The predicted octanol–water partition coefficient (Wildman–Crippen LogP) is 5.42. The summed E-state index contributed by atoms with van der Waals surface area (Å²) in [5.74, 6) is -0.607. The molecule has 31 heavy (non-hydrogen) atoms. The van der Waals surface area contributed by atoms with Crippen LogP contribution in [0.5, 0.6) is 5.75 Å². The van der Waals surface area contributed by atoms with Crippen LogP contribution in [0.1, 0.15) is 27.0 Å². The number of carbonyl (C=O) groups is 1. The number of hydrogen-bond donors (Lipinski definition) is 3. The van der Waals surface area contributed by atoms with Gasteiger partial charge in [0, 0.05) is 11.1 Å². The van der Waals surface area contributed by atoms with Crippen LogP contribution in [0.4, 0.5) is 17.2 Å². The summed E-state index contributed by atoms with van der Waals surface area (Å²) >= 11 is 0. The molecular weight excluding hydrogens is 392 g/mol. The van der Waals surface area contributed by atoms with Crippen LogP contribution in [0.25, 0.3) is 10.8 Å². The number of rotatable bonds is 4. The number of amides is 1. The van der Waals surface area contributed by atoms with Crippen LogP contribution in [0.2, 0.25) is 0 Å². The first kappa shape index (κ1) is 19.8. The van der Waals surface area contributed by atoms with Gasteiger partial charge in [0.2, 0.25) is 0 Å². The second-order valence-corrected chi connectivity index (χ2v) is 7.06. The van der Waals surface area contributed by atoms with Crippen LogP contribution >= 0.6 is 0 Å². The third-order valence-electron chi connectivity index (χ3n) is 4.86. The first-order chi connectivity index (χ1) is 15.0. The minimum Gasteiger partial charge on any atom is -0.505 e. The van der Waals surface area contributed by atoms with E-state index in [1.54, 1.807) is 18.2 Å². The Labute approximate surface area is 177 Å². The highest BCUT2D eigenvalue weighted by molar-refractivity contribution is 6.12. The fourth-order valence-electron chi connectivity index (χ4n) is 3.27. The lowest BCUT2D eigenvalue weighted by molar-refractivity contribution is 0.102. The van der Waals surface area contributed by atoms with E-state index < -0.39 is 5.91 Å². The quantitative estimate of drug-likeness (QED) is 0.388. The molecule has 0 atom stereocenters. The standard InChI is InChI=1S/C23H18N6O2/c1-13-7-8-19(14(2)9-13)26-23(31)18-10-15-5-3-4-6-17(15)20(21(18)30)27-29-22-16(11-24)12-25-28-22/h3-10,12,30H,1-2H3,(H,25,28)(H,26,31)/b29-27+. The highest BCUT2D eigenvalue weighted by Crippen LogP contribution is 2.39. The molecule has 0 aliphatic carbocycles. The minimum absolute atomic E-state index is 0.0674. The van der Waals surface area contributed by atoms with Gasteiger partial charge in [-0.05, 0) is 36.9 Å². The first-order valence-corrected chi connectivity index (χ1v) is 9.46. The van der Waals surface area contributed by atoms with Gasteiger partial charge in [-0.2, -0.15) is 10.4 Å². The molecule has 0 aliphatic heterocycles. The van der Waals surface area contributed by atoms with Gasteiger partial charge in [-0.3, -0.25) is 9.89 Å². The van der Waals surface area contributed by atoms with Crippen molar-refractivity contribution < 1.29 is 9.90 Å². The van der Waals surface area contributed by atoms with E-state index in [4.69, 9.17) is 5.26 Å². The second kappa shape index (κ2) is 8.08. The van der Waals surface area contributed by atoms with Crippen molar-refractivity contribution in [1.82, 2.24) is 10.2 Å². The Balaban J connectivity index is 1.79. The molecule has 4 aromatic rings. The van der Waals surface area contributed by atoms with Crippen molar-refractivity contribution in [2.75, 3.05) is 5.32 Å². The number of fused-ring (bicyclic) bond motifs is 1. The van der Waals surface area contributed by atoms with Crippen molar-refractivity contribution in [3.05, 3.63) is 77.0 Å². The van der Waals surface area contributed by atoms with Crippen LogP contribution in [-0.2, 0) is 0 Å². The molecule has 1 aromatic heterocycles. The van der Waals surface area contributed by atoms with Gasteiger partial charge in [0.25, 0.3) is 5.91 Å². The third kappa shape index (κ3) is 3.84. The Morgan fingerprint density at radius 1 is 1.16 bits per heavy atom. The van der Waals surface area contributed by atoms with Crippen molar-refractivity contribution in [1.29, 1.82) is 5.26 Å². The maximum absolute atomic E-state index is 13.0. The normalized spacial score (nSPS) is 11.0. The number of nitrogens with zero attached hydrogens (tertiary/aromatic N) is 4. The van der Waals surface area contributed by atoms with E-state index in [-0.39, 0.29) is 28.4 Å². The molecular formula is C23H18N6O2. The van der Waals surface area contributed by atoms with Gasteiger partial charge in [-0.25, -0.2) is 0 Å². The SMILES string of the molecule is Cc1ccc(NC(=O)c2cc3ccccc3c(/N=N/c3[nH]ncc3C#N)c2O)c(C)c1. The topological polar surface area (TPSA) is 127 Å². The lowest BCUT2D eigenvalue weighted by Crippen LogP contribution is -2.13. The number of hydrogen-bond acceptors (Lipinski definition) is 6. The molecule has 1 amide bonds. The fourth-order valence-corrected chi connectivity index (χ4v) is 3.27. The van der Waals surface area contributed by atoms with Crippen molar-refractivity contribution in [2.45, 2.75) is 13.8 Å². The van der Waals surface area contributed by atoms with Gasteiger partial charge < -0.3 is 10.4 Å². The molecule has 0 spiro atoms. The van der Waals surface area contributed by atoms with E-state index in [1.165, 1.54) is 6.20 Å². The largest absolute Gasteiger partial charge is 0.505 e. The smallest absolute Gasteiger partial charge is 0.259 e. The number of anilines is 1. The molecule has 3 aromatic carbocycles. The maximum atomic E-state index is 13.0. The number of benzene rings is 3. The summed E-state index contributed by atoms with van der Waals surface area (Å²) in [6.45, 7) is 3.88. The molecule has 4 rings (SSSR count). The molecule has 3 N–H and O–H groups in total. The Kier molecular flexibility index (Phi) is 5.16. The first-order valence-electron chi connectivity index (χ1n) is 9.46. The third-order valence-corrected chi connectivity index (χ3v) is 4.86. The van der Waals surface area contributed by atoms with Crippen molar-refractivity contribution in [3.8, 4) is 11.8 Å². The van der Waals surface area contributed by atoms with E-state index in [1.807, 2.05) is 50.2 Å². The summed E-state index contributed by atoms with van der Waals surface area (Å²) in [6, 6.07) is 16.5. The van der Waals surface area contributed by atoms with Gasteiger partial charge in [-0.1, -0.05) is 42.0 Å². The fraction of sp³-hybridized carbons (Fsp3) is 0.0870.